The zero-order valence-electron chi connectivity index (χ0n) is 30.2. The van der Waals surface area contributed by atoms with Crippen molar-refractivity contribution in [2.75, 3.05) is 0 Å². The topological polar surface area (TPSA) is 26.0 Å². The van der Waals surface area contributed by atoms with Crippen molar-refractivity contribution >= 4 is 43.5 Å². The maximum Gasteiger partial charge on any atom is 0.144 e. The molecule has 0 bridgehead atoms. The molecular weight excluding hydrogens is 522 g/mol. The summed E-state index contributed by atoms with van der Waals surface area (Å²) in [6.07, 6.45) is 5.59. The molecular formula is C41H43NO. The molecule has 0 unspecified atom stereocenters. The zero-order chi connectivity index (χ0) is 33.3. The van der Waals surface area contributed by atoms with Gasteiger partial charge in [0.15, 0.2) is 0 Å². The highest BCUT2D eigenvalue weighted by molar-refractivity contribution is 6.18. The number of benzene rings is 4. The van der Waals surface area contributed by atoms with Crippen LogP contribution in [0.25, 0.3) is 54.7 Å². The van der Waals surface area contributed by atoms with Crippen molar-refractivity contribution in [3.63, 3.8) is 0 Å². The van der Waals surface area contributed by atoms with Gasteiger partial charge < -0.3 is 4.42 Å². The van der Waals surface area contributed by atoms with E-state index in [-0.39, 0.29) is 21.8 Å². The molecule has 0 spiro atoms. The van der Waals surface area contributed by atoms with Crippen LogP contribution in [0.3, 0.4) is 0 Å². The first-order chi connectivity index (χ1) is 22.0. The number of hydrogen-bond acceptors (Lipinski definition) is 2. The highest BCUT2D eigenvalue weighted by Gasteiger charge is 2.39. The van der Waals surface area contributed by atoms with E-state index in [2.05, 4.69) is 84.0 Å². The van der Waals surface area contributed by atoms with Crippen LogP contribution in [0, 0.1) is 12.3 Å². The summed E-state index contributed by atoms with van der Waals surface area (Å²) in [5.41, 5.74) is 6.86. The molecule has 43 heavy (non-hydrogen) atoms. The minimum Gasteiger partial charge on any atom is -0.455 e. The first-order valence-corrected chi connectivity index (χ1v) is 15.8. The van der Waals surface area contributed by atoms with E-state index in [9.17, 15) is 1.37 Å². The lowest BCUT2D eigenvalue weighted by molar-refractivity contribution is 0.224. The lowest BCUT2D eigenvalue weighted by Crippen LogP contribution is -2.34. The molecule has 2 aliphatic rings. The maximum atomic E-state index is 9.52. The minimum atomic E-state index is -2.35. The minimum absolute atomic E-state index is 0.0401. The number of fused-ring (bicyclic) bond motifs is 5. The fraction of sp³-hybridized carbons (Fsp3) is 0.390. The largest absolute Gasteiger partial charge is 0.455 e. The predicted octanol–water partition coefficient (Wildman–Crippen LogP) is 11.9. The molecule has 0 amide bonds. The van der Waals surface area contributed by atoms with E-state index in [1.807, 2.05) is 18.2 Å². The van der Waals surface area contributed by atoms with Crippen molar-refractivity contribution in [1.29, 1.82) is 0 Å². The van der Waals surface area contributed by atoms with Crippen LogP contribution in [0.5, 0.6) is 0 Å². The van der Waals surface area contributed by atoms with Gasteiger partial charge in [0.1, 0.15) is 11.2 Å². The van der Waals surface area contributed by atoms with Crippen LogP contribution in [-0.2, 0) is 10.8 Å². The van der Waals surface area contributed by atoms with E-state index in [1.54, 1.807) is 0 Å². The van der Waals surface area contributed by atoms with E-state index in [1.165, 1.54) is 38.9 Å². The van der Waals surface area contributed by atoms with E-state index in [4.69, 9.17) is 13.5 Å². The van der Waals surface area contributed by atoms with Crippen molar-refractivity contribution in [2.45, 2.75) is 97.2 Å². The van der Waals surface area contributed by atoms with Crippen molar-refractivity contribution in [3.05, 3.63) is 89.1 Å². The van der Waals surface area contributed by atoms with Gasteiger partial charge >= 0.3 is 0 Å². The van der Waals surface area contributed by atoms with Gasteiger partial charge in [0.25, 0.3) is 0 Å². The Kier molecular flexibility index (Phi) is 4.75. The fourth-order valence-corrected chi connectivity index (χ4v) is 8.50. The molecule has 2 heteroatoms. The molecule has 2 heterocycles. The Hall–Kier alpha value is -3.65. The Bertz CT molecular complexity index is 2260. The average Bonchev–Trinajstić information content (AvgIpc) is 3.37. The van der Waals surface area contributed by atoms with Crippen LogP contribution in [0.1, 0.15) is 107 Å². The molecule has 0 radical (unpaired) electrons. The second-order valence-electron chi connectivity index (χ2n) is 15.3. The van der Waals surface area contributed by atoms with Crippen molar-refractivity contribution in [1.82, 2.24) is 4.98 Å². The Labute approximate surface area is 261 Å². The highest BCUT2D eigenvalue weighted by Crippen LogP contribution is 2.51. The Morgan fingerprint density at radius 3 is 2.35 bits per heavy atom. The van der Waals surface area contributed by atoms with Gasteiger partial charge in [-0.2, -0.15) is 0 Å². The molecule has 0 N–H and O–H groups in total. The molecule has 0 aliphatic heterocycles. The smallest absolute Gasteiger partial charge is 0.144 e. The zero-order valence-corrected chi connectivity index (χ0v) is 26.2. The normalized spacial score (nSPS) is 21.9. The number of nitrogens with zero attached hydrogens (tertiary/aromatic N) is 1. The Balaban J connectivity index is 1.34. The SMILES string of the molecule is [2H]C([2H])([2H])c1cnc(-c2cccc3c2oc2cc4c(cc5c6c(cccc64)C(C)(C)CC5(C)C)cc23)cc1C1([2H])CCC(C)(C)CC1. The van der Waals surface area contributed by atoms with E-state index in [0.29, 0.717) is 24.1 Å². The summed E-state index contributed by atoms with van der Waals surface area (Å²) in [7, 11) is 0. The molecule has 6 aromatic rings. The molecule has 0 atom stereocenters. The molecule has 2 aromatic heterocycles. The van der Waals surface area contributed by atoms with Crippen LogP contribution in [0.4, 0.5) is 0 Å². The number of para-hydroxylation sites is 1. The first-order valence-electron chi connectivity index (χ1n) is 17.8. The van der Waals surface area contributed by atoms with Gasteiger partial charge in [-0.1, -0.05) is 71.9 Å². The lowest BCUT2D eigenvalue weighted by Gasteiger charge is -2.42. The van der Waals surface area contributed by atoms with E-state index >= 15 is 0 Å². The number of pyridine rings is 1. The van der Waals surface area contributed by atoms with Gasteiger partial charge in [-0.15, -0.1) is 0 Å². The maximum absolute atomic E-state index is 9.52. The Morgan fingerprint density at radius 2 is 1.56 bits per heavy atom. The summed E-state index contributed by atoms with van der Waals surface area (Å²) in [6.45, 7) is 11.6. The van der Waals surface area contributed by atoms with E-state index in [0.717, 1.165) is 46.8 Å². The summed E-state index contributed by atoms with van der Waals surface area (Å²) < 4.78 is 41.1. The number of rotatable bonds is 2. The van der Waals surface area contributed by atoms with Gasteiger partial charge in [0.05, 0.1) is 5.69 Å². The number of furan rings is 1. The van der Waals surface area contributed by atoms with Crippen molar-refractivity contribution in [3.8, 4) is 11.3 Å². The second kappa shape index (κ2) is 8.94. The van der Waals surface area contributed by atoms with Crippen LogP contribution < -0.4 is 0 Å². The molecule has 1 fully saturated rings. The number of aryl methyl sites for hydroxylation is 1. The van der Waals surface area contributed by atoms with Crippen LogP contribution in [0.2, 0.25) is 0 Å². The summed E-state index contributed by atoms with van der Waals surface area (Å²) in [6, 6.07) is 21.6. The number of aromatic nitrogens is 1. The quantitative estimate of drug-likeness (QED) is 0.194. The second-order valence-corrected chi connectivity index (χ2v) is 15.3. The molecule has 4 aromatic carbocycles. The lowest BCUT2D eigenvalue weighted by atomic mass is 9.61. The van der Waals surface area contributed by atoms with Crippen LogP contribution >= 0.6 is 0 Å². The molecule has 2 aliphatic carbocycles. The monoisotopic (exact) mass is 569 g/mol. The molecule has 8 rings (SSSR count). The summed E-state index contributed by atoms with van der Waals surface area (Å²) in [5.74, 6) is -0.972. The van der Waals surface area contributed by atoms with Gasteiger partial charge in [-0.25, -0.2) is 0 Å². The van der Waals surface area contributed by atoms with Gasteiger partial charge in [0, 0.05) is 28.0 Å². The van der Waals surface area contributed by atoms with E-state index < -0.39 is 12.7 Å². The third-order valence-electron chi connectivity index (χ3n) is 10.7. The molecule has 218 valence electrons. The average molecular weight is 570 g/mol. The van der Waals surface area contributed by atoms with Crippen LogP contribution in [0.15, 0.2) is 71.3 Å². The standard InChI is InChI=1S/C41H43NO/c1-24-22-42-35(20-30(24)25-14-16-39(2,3)17-15-25)29-12-8-11-28-32-18-26-19-34-37-27(31(26)21-36(32)43-38(28)29)10-9-13-33(37)40(4,5)23-41(34,6)7/h8-13,18-22,25H,14-17,23H2,1-7H3/i1D3,25D. The molecule has 1 saturated carbocycles. The molecule has 0 saturated heterocycles. The fourth-order valence-electron chi connectivity index (χ4n) is 8.50. The van der Waals surface area contributed by atoms with Crippen molar-refractivity contribution < 1.29 is 9.90 Å². The third-order valence-corrected chi connectivity index (χ3v) is 10.7. The highest BCUT2D eigenvalue weighted by atomic mass is 16.3. The summed E-state index contributed by atoms with van der Waals surface area (Å²) in [5, 5.41) is 7.09. The number of hydrogen-bond donors (Lipinski definition) is 0. The van der Waals surface area contributed by atoms with Crippen molar-refractivity contribution in [2.24, 2.45) is 5.41 Å². The third kappa shape index (κ3) is 4.09. The summed E-state index contributed by atoms with van der Waals surface area (Å²) >= 11 is 0. The van der Waals surface area contributed by atoms with Gasteiger partial charge in [-0.3, -0.25) is 4.98 Å². The predicted molar refractivity (Wildman–Crippen MR) is 182 cm³/mol. The summed E-state index contributed by atoms with van der Waals surface area (Å²) in [4.78, 5) is 4.71. The van der Waals surface area contributed by atoms with Gasteiger partial charge in [0.2, 0.25) is 0 Å². The van der Waals surface area contributed by atoms with Gasteiger partial charge in [-0.05, 0) is 135 Å². The first kappa shape index (κ1) is 22.8. The van der Waals surface area contributed by atoms with Crippen LogP contribution in [-0.4, -0.2) is 4.98 Å². The Morgan fingerprint density at radius 1 is 0.814 bits per heavy atom. The molecule has 2 nitrogen and oxygen atoms in total.